The van der Waals surface area contributed by atoms with Crippen LogP contribution in [0.2, 0.25) is 0 Å². The van der Waals surface area contributed by atoms with Crippen LogP contribution in [0.5, 0.6) is 0 Å². The van der Waals surface area contributed by atoms with Crippen LogP contribution in [-0.4, -0.2) is 17.6 Å². The first-order valence-corrected chi connectivity index (χ1v) is 8.31. The lowest BCUT2D eigenvalue weighted by Crippen LogP contribution is -2.16. The number of allylic oxidation sites excluding steroid dienone is 3. The van der Waals surface area contributed by atoms with E-state index in [9.17, 15) is 8.63 Å². The second kappa shape index (κ2) is 6.60. The quantitative estimate of drug-likeness (QED) is 0.615. The van der Waals surface area contributed by atoms with Crippen LogP contribution in [0.4, 0.5) is 8.63 Å². The second-order valence-electron chi connectivity index (χ2n) is 5.71. The van der Waals surface area contributed by atoms with Crippen LogP contribution in [0.25, 0.3) is 6.08 Å². The third kappa shape index (κ3) is 3.01. The molecule has 0 aromatic carbocycles. The van der Waals surface area contributed by atoms with Gasteiger partial charge in [-0.2, -0.15) is 0 Å². The van der Waals surface area contributed by atoms with E-state index in [0.29, 0.717) is 17.1 Å². The maximum absolute atomic E-state index is 13.5. The summed E-state index contributed by atoms with van der Waals surface area (Å²) in [6, 6.07) is 0. The average Bonchev–Trinajstić information content (AvgIpc) is 2.85. The number of aromatic nitrogens is 1. The topological polar surface area (TPSA) is 17.3 Å². The molecule has 2 heterocycles. The summed E-state index contributed by atoms with van der Waals surface area (Å²) in [7, 11) is -2.57. The monoisotopic (exact) mass is 380 g/mol. The average molecular weight is 381 g/mol. The summed E-state index contributed by atoms with van der Waals surface area (Å²) in [6.45, 7) is 13.4. The molecule has 1 aromatic heterocycles. The van der Waals surface area contributed by atoms with E-state index in [4.69, 9.17) is 0 Å². The molecule has 0 aliphatic carbocycles. The van der Waals surface area contributed by atoms with Gasteiger partial charge in [-0.05, 0) is 56.9 Å². The van der Waals surface area contributed by atoms with Crippen molar-refractivity contribution in [2.45, 2.75) is 41.0 Å². The summed E-state index contributed by atoms with van der Waals surface area (Å²) in [5, 5.41) is 0. The minimum absolute atomic E-state index is 0.529. The zero-order valence-electron chi connectivity index (χ0n) is 14.1. The molecule has 6 heteroatoms. The first-order chi connectivity index (χ1) is 10.7. The summed E-state index contributed by atoms with van der Waals surface area (Å²) in [6.07, 6.45) is 2.49. The fraction of sp³-hybridized carbons (Fsp3) is 0.353. The van der Waals surface area contributed by atoms with E-state index in [1.165, 1.54) is 0 Å². The molecule has 1 aliphatic heterocycles. The lowest BCUT2D eigenvalue weighted by atomic mass is 10.0. The molecule has 0 amide bonds. The number of halogens is 3. The molecule has 1 aromatic rings. The molecule has 0 N–H and O–H groups in total. The van der Waals surface area contributed by atoms with Gasteiger partial charge < -0.3 is 4.48 Å². The van der Waals surface area contributed by atoms with E-state index < -0.39 is 7.40 Å². The Balaban J connectivity index is 2.68. The van der Waals surface area contributed by atoms with Crippen molar-refractivity contribution in [1.29, 1.82) is 0 Å². The number of rotatable bonds is 4. The standard InChI is InChI=1S/C17H20BBrF2N2/c1-7-14-9(2)16(23(13(14)6)18(20)21)8-15-10(3)17(11(4)19)12(5)22-15/h8H,4,7H2,1-3,5-6H3/b15-8-. The van der Waals surface area contributed by atoms with Crippen LogP contribution in [0.3, 0.4) is 0 Å². The Morgan fingerprint density at radius 2 is 1.91 bits per heavy atom. The molecule has 0 saturated heterocycles. The smallest absolute Gasteiger partial charge is 0.329 e. The lowest BCUT2D eigenvalue weighted by Gasteiger charge is -2.07. The van der Waals surface area contributed by atoms with Gasteiger partial charge in [-0.1, -0.05) is 29.4 Å². The number of aliphatic imine (C=N–C) groups is 1. The molecule has 1 aliphatic rings. The van der Waals surface area contributed by atoms with Crippen LogP contribution >= 0.6 is 15.9 Å². The van der Waals surface area contributed by atoms with Crippen LogP contribution < -0.4 is 0 Å². The highest BCUT2D eigenvalue weighted by Gasteiger charge is 2.27. The van der Waals surface area contributed by atoms with E-state index in [0.717, 1.165) is 43.4 Å². The summed E-state index contributed by atoms with van der Waals surface area (Å²) >= 11 is 3.39. The van der Waals surface area contributed by atoms with E-state index >= 15 is 0 Å². The van der Waals surface area contributed by atoms with Crippen LogP contribution in [0, 0.1) is 13.8 Å². The molecule has 2 nitrogen and oxygen atoms in total. The van der Waals surface area contributed by atoms with Crippen LogP contribution in [0.15, 0.2) is 32.9 Å². The minimum atomic E-state index is -2.57. The molecule has 0 atom stereocenters. The highest BCUT2D eigenvalue weighted by Crippen LogP contribution is 2.34. The van der Waals surface area contributed by atoms with Crippen molar-refractivity contribution in [2.75, 3.05) is 0 Å². The van der Waals surface area contributed by atoms with Crippen LogP contribution in [0.1, 0.15) is 43.3 Å². The number of hydrogen-bond donors (Lipinski definition) is 0. The van der Waals surface area contributed by atoms with Crippen molar-refractivity contribution in [3.05, 3.63) is 50.4 Å². The predicted molar refractivity (Wildman–Crippen MR) is 98.5 cm³/mol. The normalized spacial score (nSPS) is 16.3. The minimum Gasteiger partial charge on any atom is -0.329 e. The third-order valence-corrected chi connectivity index (χ3v) is 4.79. The van der Waals surface area contributed by atoms with Gasteiger partial charge in [-0.3, -0.25) is 13.6 Å². The Morgan fingerprint density at radius 3 is 2.35 bits per heavy atom. The van der Waals surface area contributed by atoms with E-state index in [2.05, 4.69) is 27.5 Å². The van der Waals surface area contributed by atoms with Gasteiger partial charge in [0.25, 0.3) is 0 Å². The summed E-state index contributed by atoms with van der Waals surface area (Å²) < 4.78 is 28.9. The van der Waals surface area contributed by atoms with Crippen molar-refractivity contribution < 1.29 is 8.63 Å². The summed E-state index contributed by atoms with van der Waals surface area (Å²) in [5.41, 5.74) is 6.46. The molecular weight excluding hydrogens is 361 g/mol. The van der Waals surface area contributed by atoms with Crippen molar-refractivity contribution >= 4 is 35.1 Å². The van der Waals surface area contributed by atoms with Gasteiger partial charge in [-0.15, -0.1) is 0 Å². The molecule has 0 radical (unpaired) electrons. The Hall–Kier alpha value is -1.43. The fourth-order valence-corrected chi connectivity index (χ4v) is 3.86. The largest absolute Gasteiger partial charge is 0.677 e. The van der Waals surface area contributed by atoms with Gasteiger partial charge in [0.15, 0.2) is 0 Å². The lowest BCUT2D eigenvalue weighted by molar-refractivity contribution is 0.624. The molecule has 122 valence electrons. The predicted octanol–water partition coefficient (Wildman–Crippen LogP) is 5.48. The first kappa shape index (κ1) is 17.9. The Labute approximate surface area is 145 Å². The van der Waals surface area contributed by atoms with Crippen molar-refractivity contribution in [1.82, 2.24) is 4.48 Å². The molecule has 0 spiro atoms. The summed E-state index contributed by atoms with van der Waals surface area (Å²) in [5.74, 6) is 0. The zero-order chi connectivity index (χ0) is 17.5. The van der Waals surface area contributed by atoms with Gasteiger partial charge in [0.2, 0.25) is 0 Å². The van der Waals surface area contributed by atoms with Gasteiger partial charge in [0.1, 0.15) is 0 Å². The van der Waals surface area contributed by atoms with E-state index in [-0.39, 0.29) is 0 Å². The van der Waals surface area contributed by atoms with Gasteiger partial charge in [-0.25, -0.2) is 0 Å². The fourth-order valence-electron chi connectivity index (χ4n) is 3.27. The second-order valence-corrected chi connectivity index (χ2v) is 6.66. The highest BCUT2D eigenvalue weighted by atomic mass is 79.9. The maximum atomic E-state index is 13.5. The van der Waals surface area contributed by atoms with Gasteiger partial charge in [0.05, 0.1) is 5.70 Å². The van der Waals surface area contributed by atoms with Crippen molar-refractivity contribution in [2.24, 2.45) is 4.99 Å². The molecule has 23 heavy (non-hydrogen) atoms. The molecular formula is C17H20BBrF2N2. The molecule has 2 rings (SSSR count). The first-order valence-electron chi connectivity index (χ1n) is 7.52. The molecule has 0 fully saturated rings. The van der Waals surface area contributed by atoms with Crippen molar-refractivity contribution in [3.63, 3.8) is 0 Å². The van der Waals surface area contributed by atoms with E-state index in [1.54, 1.807) is 13.0 Å². The number of hydrogen-bond acceptors (Lipinski definition) is 1. The highest BCUT2D eigenvalue weighted by molar-refractivity contribution is 9.12. The zero-order valence-corrected chi connectivity index (χ0v) is 15.7. The Bertz CT molecular complexity index is 770. The van der Waals surface area contributed by atoms with E-state index in [1.807, 2.05) is 27.7 Å². The summed E-state index contributed by atoms with van der Waals surface area (Å²) in [4.78, 5) is 4.53. The maximum Gasteiger partial charge on any atom is 0.677 e. The Morgan fingerprint density at radius 1 is 1.30 bits per heavy atom. The SMILES string of the molecule is C=C(Br)C1=C(C)/C(=C/c2c(C)c(CC)c(C)n2B(F)F)N=C1C. The molecule has 0 saturated carbocycles. The number of nitrogens with zero attached hydrogens (tertiary/aromatic N) is 2. The molecule has 0 unspecified atom stereocenters. The van der Waals surface area contributed by atoms with Gasteiger partial charge in [0, 0.05) is 27.2 Å². The van der Waals surface area contributed by atoms with Crippen molar-refractivity contribution in [3.8, 4) is 0 Å². The Kier molecular flexibility index (Phi) is 5.14. The van der Waals surface area contributed by atoms with Crippen LogP contribution in [-0.2, 0) is 6.42 Å². The van der Waals surface area contributed by atoms with Gasteiger partial charge >= 0.3 is 7.40 Å². The third-order valence-electron chi connectivity index (χ3n) is 4.40. The molecule has 0 bridgehead atoms.